The van der Waals surface area contributed by atoms with Crippen molar-refractivity contribution in [3.05, 3.63) is 105 Å². The summed E-state index contributed by atoms with van der Waals surface area (Å²) in [4.78, 5) is 125. The molecule has 2 aliphatic carbocycles. The van der Waals surface area contributed by atoms with Crippen LogP contribution in [0.1, 0.15) is 121 Å². The second kappa shape index (κ2) is 45.7. The second-order valence-corrected chi connectivity index (χ2v) is 20.7. The van der Waals surface area contributed by atoms with Crippen molar-refractivity contribution in [3.8, 4) is 0 Å². The van der Waals surface area contributed by atoms with Crippen molar-refractivity contribution in [1.29, 1.82) is 0 Å². The van der Waals surface area contributed by atoms with Crippen molar-refractivity contribution in [1.82, 2.24) is 41.8 Å². The highest BCUT2D eigenvalue weighted by molar-refractivity contribution is 5.96. The Morgan fingerprint density at radius 1 is 0.843 bits per heavy atom. The maximum absolute atomic E-state index is 14.8. The molecule has 1 heterocycles. The van der Waals surface area contributed by atoms with Crippen LogP contribution in [0.4, 0.5) is 4.39 Å². The zero-order chi connectivity index (χ0) is 67.5. The molecule has 2 aromatic carbocycles. The Morgan fingerprint density at radius 2 is 1.45 bits per heavy atom. The molecule has 2 atom stereocenters. The number of hydrogen-bond acceptors (Lipinski definition) is 16. The number of aliphatic carboxylic acids is 1. The minimum absolute atomic E-state index is 0.0473. The fraction of sp³-hybridized carbons (Fsp3) is 0.500. The van der Waals surface area contributed by atoms with Crippen LogP contribution in [0.2, 0.25) is 0 Å². The Bertz CT molecular complexity index is 2880. The van der Waals surface area contributed by atoms with Crippen LogP contribution >= 0.6 is 0 Å². The van der Waals surface area contributed by atoms with Crippen LogP contribution in [-0.4, -0.2) is 166 Å². The Hall–Kier alpha value is -8.55. The first-order valence-electron chi connectivity index (χ1n) is 29.3. The molecule has 1 aromatic heterocycles. The standard InChI is InChI=1S/C29H36FNO3.C12H20N4O5.C10H16N2O4.C7H8.C5H10N2O2.CH4O/c1-7-10-23-22-12-9-11-21-19(5)26(30)14-27(28(21)22)31-29(23)18(4)13-24(17(3)8-2)25(20(6)33)15-34-16-32;13-11(20)12(2-1-3-12)6-21-8-16-10(19)5-15-9(18)4-14-7-17;1-8(6-11-7-10(15)16)12(2)9(14)4-3-5-13;1-7-5-3-2-4-6-7;1-2-7-5(9)3-6-4-8;1-2/h13-14,16-17H,7-12,15H2,1-6H3;7H,1-6,8H2,(H2,13,20)(H,14,17)(H,15,18)(H,16,19);3-5,8,11H,6-7H2,1-2H3,(H,15,16);2-6H,1H3;4H,2-3H2,1H3,(H,6,8)(H,7,9);2H,1H3/b18-13+,25-24+;;4-3-;;;/t17-;;8-;;;/m1.1.../s1. The number of carboxylic acids is 1. The van der Waals surface area contributed by atoms with Crippen LogP contribution < -0.4 is 37.6 Å². The molecular formula is C64H94FN9O15. The van der Waals surface area contributed by atoms with Crippen molar-refractivity contribution in [2.24, 2.45) is 17.1 Å². The number of nitrogens with two attached hydrogens (primary N) is 1. The molecule has 89 heavy (non-hydrogen) atoms. The van der Waals surface area contributed by atoms with Crippen LogP contribution in [-0.2, 0) is 81.5 Å². The van der Waals surface area contributed by atoms with Gasteiger partial charge in [0.05, 0.1) is 49.4 Å². The van der Waals surface area contributed by atoms with E-state index in [1.165, 1.54) is 34.6 Å². The molecular weight excluding hydrogens is 1150 g/mol. The number of hydrogen-bond donors (Lipinski definition) is 9. The molecule has 0 unspecified atom stereocenters. The van der Waals surface area contributed by atoms with E-state index < -0.39 is 23.2 Å². The van der Waals surface area contributed by atoms with E-state index in [1.54, 1.807) is 20.0 Å². The van der Waals surface area contributed by atoms with E-state index in [2.05, 4.69) is 71.7 Å². The number of aromatic nitrogens is 1. The lowest BCUT2D eigenvalue weighted by molar-refractivity contribution is -0.139. The number of aliphatic hydroxyl groups excluding tert-OH is 1. The average molecular weight is 1250 g/mol. The number of aryl methyl sites for hydroxylation is 3. The number of carboxylic acid groups (broad SMARTS) is 1. The third kappa shape index (κ3) is 29.8. The number of likely N-dealkylation sites (N-methyl/N-ethyl adjacent to an activating group) is 2. The fourth-order valence-electron chi connectivity index (χ4n) is 8.91. The molecule has 0 bridgehead atoms. The largest absolute Gasteiger partial charge is 0.480 e. The number of ketones is 1. The number of ether oxygens (including phenoxy) is 2. The summed E-state index contributed by atoms with van der Waals surface area (Å²) in [6.45, 7) is 18.3. The van der Waals surface area contributed by atoms with E-state index >= 15 is 0 Å². The van der Waals surface area contributed by atoms with Crippen molar-refractivity contribution in [2.75, 3.05) is 73.4 Å². The third-order valence-corrected chi connectivity index (χ3v) is 14.2. The quantitative estimate of drug-likeness (QED) is 0.0145. The van der Waals surface area contributed by atoms with Crippen molar-refractivity contribution >= 4 is 83.3 Å². The second-order valence-electron chi connectivity index (χ2n) is 20.7. The molecule has 1 fully saturated rings. The fourth-order valence-corrected chi connectivity index (χ4v) is 8.91. The lowest BCUT2D eigenvalue weighted by Gasteiger charge is -2.38. The smallest absolute Gasteiger partial charge is 0.317 e. The highest BCUT2D eigenvalue weighted by atomic mass is 19.1. The maximum Gasteiger partial charge on any atom is 0.317 e. The van der Waals surface area contributed by atoms with E-state index in [0.29, 0.717) is 62.6 Å². The van der Waals surface area contributed by atoms with E-state index in [4.69, 9.17) is 30.4 Å². The number of benzene rings is 2. The van der Waals surface area contributed by atoms with Gasteiger partial charge in [-0.3, -0.25) is 52.7 Å². The van der Waals surface area contributed by atoms with Gasteiger partial charge in [0.25, 0.3) is 6.47 Å². The minimum atomic E-state index is -0.943. The van der Waals surface area contributed by atoms with Gasteiger partial charge < -0.3 is 62.2 Å². The molecule has 0 radical (unpaired) electrons. The predicted molar refractivity (Wildman–Crippen MR) is 337 cm³/mol. The number of allylic oxidation sites excluding steroid dienone is 4. The number of pyridine rings is 1. The summed E-state index contributed by atoms with van der Waals surface area (Å²) in [6, 6.07) is 11.7. The molecule has 10 N–H and O–H groups in total. The normalized spacial score (nSPS) is 13.2. The van der Waals surface area contributed by atoms with Crippen LogP contribution in [0.15, 0.2) is 65.8 Å². The minimum Gasteiger partial charge on any atom is -0.480 e. The number of aliphatic hydroxyl groups is 1. The first kappa shape index (κ1) is 80.5. The molecule has 24 nitrogen and oxygen atoms in total. The maximum atomic E-state index is 14.8. The van der Waals surface area contributed by atoms with Gasteiger partial charge in [0.2, 0.25) is 42.4 Å². The Labute approximate surface area is 521 Å². The van der Waals surface area contributed by atoms with Gasteiger partial charge in [0.1, 0.15) is 25.4 Å². The summed E-state index contributed by atoms with van der Waals surface area (Å²) >= 11 is 0. The Morgan fingerprint density at radius 3 is 1.94 bits per heavy atom. The number of Topliss-reactive ketones (excluding diaryl/α,β-unsaturated/α-hetero) is 1. The van der Waals surface area contributed by atoms with Crippen LogP contribution in [0.3, 0.4) is 0 Å². The van der Waals surface area contributed by atoms with Gasteiger partial charge in [-0.25, -0.2) is 9.37 Å². The van der Waals surface area contributed by atoms with Crippen LogP contribution in [0.5, 0.6) is 0 Å². The summed E-state index contributed by atoms with van der Waals surface area (Å²) in [5, 5.41) is 30.9. The van der Waals surface area contributed by atoms with Crippen LogP contribution in [0.25, 0.3) is 16.5 Å². The first-order chi connectivity index (χ1) is 42.4. The predicted octanol–water partition coefficient (Wildman–Crippen LogP) is 3.96. The number of carbonyl (C=O) groups excluding carboxylic acids is 10. The van der Waals surface area contributed by atoms with Crippen LogP contribution in [0, 0.1) is 31.0 Å². The Balaban J connectivity index is 0.00000120. The van der Waals surface area contributed by atoms with E-state index in [0.717, 1.165) is 91.5 Å². The van der Waals surface area contributed by atoms with Gasteiger partial charge in [0.15, 0.2) is 5.78 Å². The molecule has 0 saturated heterocycles. The molecule has 3 aromatic rings. The molecule has 7 amide bonds. The molecule has 0 spiro atoms. The monoisotopic (exact) mass is 1250 g/mol. The number of aldehydes is 1. The summed E-state index contributed by atoms with van der Waals surface area (Å²) in [5.41, 5.74) is 14.3. The van der Waals surface area contributed by atoms with Gasteiger partial charge in [-0.15, -0.1) is 0 Å². The first-order valence-corrected chi connectivity index (χ1v) is 29.3. The zero-order valence-electron chi connectivity index (χ0n) is 53.4. The molecule has 492 valence electrons. The molecule has 2 aliphatic rings. The SMILES string of the molecule is CCCc1c(/C(C)=C/C(=C(/COC=O)C(C)=O)[C@H](C)CC)nc2cc(F)c(C)c3c2c1CCC3.CCNC(=O)CNC=O.CO.C[C@H](CNCC(=O)O)N(C)C(=O)/C=C\C=O.Cc1ccccc1.NC(=O)C1(COCNC(=O)CNC(=O)CNC=O)CCC1. The van der Waals surface area contributed by atoms with E-state index in [-0.39, 0.29) is 87.4 Å². The number of nitrogens with zero attached hydrogens (tertiary/aromatic N) is 2. The highest BCUT2D eigenvalue weighted by Gasteiger charge is 2.43. The number of nitrogens with one attached hydrogen (secondary N) is 6. The van der Waals surface area contributed by atoms with Gasteiger partial charge in [-0.1, -0.05) is 75.6 Å². The van der Waals surface area contributed by atoms with Gasteiger partial charge in [-0.2, -0.15) is 0 Å². The topological polar surface area (TPSA) is 361 Å². The number of halogens is 1. The highest BCUT2D eigenvalue weighted by Crippen LogP contribution is 2.41. The molecule has 5 rings (SSSR count). The average Bonchev–Trinajstić information content (AvgIpc) is 1.09. The number of amides is 7. The van der Waals surface area contributed by atoms with Gasteiger partial charge >= 0.3 is 5.97 Å². The number of rotatable bonds is 31. The summed E-state index contributed by atoms with van der Waals surface area (Å²) < 4.78 is 25.0. The third-order valence-electron chi connectivity index (χ3n) is 14.2. The number of primary amides is 1. The zero-order valence-corrected chi connectivity index (χ0v) is 53.4. The van der Waals surface area contributed by atoms with E-state index in [9.17, 15) is 57.1 Å². The van der Waals surface area contributed by atoms with Crippen molar-refractivity contribution in [3.63, 3.8) is 0 Å². The summed E-state index contributed by atoms with van der Waals surface area (Å²) in [5.74, 6) is -2.90. The summed E-state index contributed by atoms with van der Waals surface area (Å²) in [6.07, 6.45) is 13.6. The molecule has 25 heteroatoms. The van der Waals surface area contributed by atoms with Crippen molar-refractivity contribution in [2.45, 2.75) is 126 Å². The Kier molecular flexibility index (Phi) is 41.3. The molecule has 1 saturated carbocycles. The summed E-state index contributed by atoms with van der Waals surface area (Å²) in [7, 11) is 2.59. The molecule has 0 aliphatic heterocycles. The van der Waals surface area contributed by atoms with Gasteiger partial charge in [0, 0.05) is 56.4 Å². The van der Waals surface area contributed by atoms with E-state index in [1.807, 2.05) is 45.0 Å². The number of carbonyl (C=O) groups is 11. The lowest BCUT2D eigenvalue weighted by Crippen LogP contribution is -2.47. The van der Waals surface area contributed by atoms with Crippen molar-refractivity contribution < 1.29 is 76.8 Å². The van der Waals surface area contributed by atoms with Gasteiger partial charge in [-0.05, 0) is 132 Å². The lowest BCUT2D eigenvalue weighted by atomic mass is 9.69.